The number of aromatic nitrogens is 4. The first-order valence-corrected chi connectivity index (χ1v) is 7.67. The molecule has 10 heteroatoms. The second-order valence-corrected chi connectivity index (χ2v) is 4.92. The number of amides is 2. The molecule has 1 aromatic heterocycles. The van der Waals surface area contributed by atoms with Crippen molar-refractivity contribution in [1.29, 1.82) is 0 Å². The van der Waals surface area contributed by atoms with E-state index in [1.165, 1.54) is 10.8 Å². The number of hydrogen-bond acceptors (Lipinski definition) is 8. The first-order chi connectivity index (χ1) is 12.5. The Morgan fingerprint density at radius 3 is 2.54 bits per heavy atom. The van der Waals surface area contributed by atoms with Gasteiger partial charge in [-0.2, -0.15) is 4.68 Å². The molecule has 0 aliphatic heterocycles. The van der Waals surface area contributed by atoms with Crippen molar-refractivity contribution >= 4 is 29.7 Å². The molecule has 1 heterocycles. The van der Waals surface area contributed by atoms with E-state index >= 15 is 0 Å². The van der Waals surface area contributed by atoms with Crippen LogP contribution in [0.25, 0.3) is 11.8 Å². The molecular weight excluding hydrogens is 342 g/mol. The van der Waals surface area contributed by atoms with Crippen molar-refractivity contribution in [3.63, 3.8) is 0 Å². The van der Waals surface area contributed by atoms with Gasteiger partial charge >= 0.3 is 12.1 Å². The van der Waals surface area contributed by atoms with Crippen LogP contribution >= 0.6 is 0 Å². The van der Waals surface area contributed by atoms with E-state index in [1.807, 2.05) is 11.4 Å². The lowest BCUT2D eigenvalue weighted by Gasteiger charge is -2.09. The third-order valence-corrected chi connectivity index (χ3v) is 3.02. The molecule has 1 N–H and O–H groups in total. The average molecular weight is 359 g/mol. The molecule has 2 aromatic rings. The van der Waals surface area contributed by atoms with E-state index in [0.717, 1.165) is 0 Å². The highest BCUT2D eigenvalue weighted by Gasteiger charge is 2.19. The molecule has 0 saturated heterocycles. The second-order valence-electron chi connectivity index (χ2n) is 4.92. The Labute approximate surface area is 148 Å². The third kappa shape index (κ3) is 5.23. The lowest BCUT2D eigenvalue weighted by molar-refractivity contribution is -0.143. The van der Waals surface area contributed by atoms with E-state index in [4.69, 9.17) is 4.74 Å². The van der Waals surface area contributed by atoms with Crippen molar-refractivity contribution in [2.24, 2.45) is 0 Å². The van der Waals surface area contributed by atoms with Crippen LogP contribution in [-0.4, -0.2) is 51.4 Å². The summed E-state index contributed by atoms with van der Waals surface area (Å²) < 4.78 is 10.7. The molecule has 2 rings (SSSR count). The average Bonchev–Trinajstić information content (AvgIpc) is 3.04. The Kier molecular flexibility index (Phi) is 6.54. The van der Waals surface area contributed by atoms with Gasteiger partial charge in [-0.15, -0.1) is 5.10 Å². The molecule has 136 valence electrons. The monoisotopic (exact) mass is 359 g/mol. The van der Waals surface area contributed by atoms with Crippen molar-refractivity contribution in [2.75, 3.05) is 13.2 Å². The third-order valence-electron chi connectivity index (χ3n) is 3.02. The topological polar surface area (TPSA) is 125 Å². The van der Waals surface area contributed by atoms with E-state index < -0.39 is 24.6 Å². The molecule has 0 radical (unpaired) electrons. The zero-order valence-corrected chi connectivity index (χ0v) is 14.2. The van der Waals surface area contributed by atoms with Crippen LogP contribution in [0.1, 0.15) is 18.3 Å². The van der Waals surface area contributed by atoms with E-state index in [2.05, 4.69) is 20.3 Å². The van der Waals surface area contributed by atoms with Crippen LogP contribution in [-0.2, 0) is 19.1 Å². The molecule has 0 unspecified atom stereocenters. The fourth-order valence-corrected chi connectivity index (χ4v) is 1.89. The first kappa shape index (κ1) is 18.8. The molecule has 10 nitrogen and oxygen atoms in total. The first-order valence-electron chi connectivity index (χ1n) is 7.67. The summed E-state index contributed by atoms with van der Waals surface area (Å²) in [6, 6.07) is 8.99. The molecule has 26 heavy (non-hydrogen) atoms. The van der Waals surface area contributed by atoms with Crippen LogP contribution in [0.2, 0.25) is 0 Å². The maximum absolute atomic E-state index is 12.4. The summed E-state index contributed by atoms with van der Waals surface area (Å²) in [5.74, 6) is -1.28. The summed E-state index contributed by atoms with van der Waals surface area (Å²) in [7, 11) is 0. The lowest BCUT2D eigenvalue weighted by Crippen LogP contribution is -2.34. The standard InChI is InChI=1S/C16H17N5O5/c1-3-25-16(24)17-14(22)10-26-15(23)13(21-11(2)18-19-20-21)9-12-7-5-4-6-8-12/h4-9H,3,10H2,1-2H3,(H,17,22,24)/b13-9-. The Morgan fingerprint density at radius 1 is 1.19 bits per heavy atom. The number of aryl methyl sites for hydroxylation is 1. The van der Waals surface area contributed by atoms with Crippen LogP contribution in [0.5, 0.6) is 0 Å². The van der Waals surface area contributed by atoms with Crippen molar-refractivity contribution < 1.29 is 23.9 Å². The number of ether oxygens (including phenoxy) is 2. The fourth-order valence-electron chi connectivity index (χ4n) is 1.89. The largest absolute Gasteiger partial charge is 0.451 e. The summed E-state index contributed by atoms with van der Waals surface area (Å²) in [5.41, 5.74) is 0.730. The molecule has 2 amide bonds. The molecule has 0 saturated carbocycles. The number of hydrogen-bond donors (Lipinski definition) is 1. The van der Waals surface area contributed by atoms with Gasteiger partial charge in [-0.05, 0) is 35.9 Å². The summed E-state index contributed by atoms with van der Waals surface area (Å²) in [4.78, 5) is 35.2. The quantitative estimate of drug-likeness (QED) is 0.593. The SMILES string of the molecule is CCOC(=O)NC(=O)COC(=O)/C(=C/c1ccccc1)n1nnnc1C. The van der Waals surface area contributed by atoms with Gasteiger partial charge in [0.25, 0.3) is 5.91 Å². The highest BCUT2D eigenvalue weighted by molar-refractivity contribution is 6.15. The summed E-state index contributed by atoms with van der Waals surface area (Å²) in [6.07, 6.45) is 0.611. The second kappa shape index (κ2) is 9.06. The minimum atomic E-state index is -0.912. The van der Waals surface area contributed by atoms with Gasteiger partial charge in [-0.1, -0.05) is 30.3 Å². The van der Waals surface area contributed by atoms with E-state index in [1.54, 1.807) is 38.1 Å². The molecular formula is C16H17N5O5. The van der Waals surface area contributed by atoms with Gasteiger partial charge in [0, 0.05) is 0 Å². The van der Waals surface area contributed by atoms with Gasteiger partial charge in [0.05, 0.1) is 6.61 Å². The Morgan fingerprint density at radius 2 is 1.92 bits per heavy atom. The lowest BCUT2D eigenvalue weighted by atomic mass is 10.2. The van der Waals surface area contributed by atoms with Crippen molar-refractivity contribution in [2.45, 2.75) is 13.8 Å². The maximum atomic E-state index is 12.4. The molecule has 0 fully saturated rings. The minimum Gasteiger partial charge on any atom is -0.451 e. The number of nitrogens with one attached hydrogen (secondary N) is 1. The van der Waals surface area contributed by atoms with Crippen LogP contribution in [0.4, 0.5) is 4.79 Å². The summed E-state index contributed by atoms with van der Waals surface area (Å²) >= 11 is 0. The maximum Gasteiger partial charge on any atom is 0.413 e. The molecule has 0 bridgehead atoms. The number of tetrazole rings is 1. The van der Waals surface area contributed by atoms with E-state index in [0.29, 0.717) is 11.4 Å². The van der Waals surface area contributed by atoms with Gasteiger partial charge in [0.2, 0.25) is 0 Å². The van der Waals surface area contributed by atoms with E-state index in [-0.39, 0.29) is 12.3 Å². The molecule has 0 spiro atoms. The number of carbonyl (C=O) groups is 3. The number of carbonyl (C=O) groups excluding carboxylic acids is 3. The highest BCUT2D eigenvalue weighted by atomic mass is 16.6. The van der Waals surface area contributed by atoms with Crippen LogP contribution in [0.15, 0.2) is 30.3 Å². The Balaban J connectivity index is 2.12. The minimum absolute atomic E-state index is 0.0163. The zero-order chi connectivity index (χ0) is 18.9. The zero-order valence-electron chi connectivity index (χ0n) is 14.2. The predicted molar refractivity (Wildman–Crippen MR) is 89.3 cm³/mol. The predicted octanol–water partition coefficient (Wildman–Crippen LogP) is 0.796. The van der Waals surface area contributed by atoms with Gasteiger partial charge in [0.1, 0.15) is 0 Å². The van der Waals surface area contributed by atoms with E-state index in [9.17, 15) is 14.4 Å². The Hall–Kier alpha value is -3.56. The van der Waals surface area contributed by atoms with Crippen molar-refractivity contribution in [3.8, 4) is 0 Å². The normalized spacial score (nSPS) is 10.9. The summed E-state index contributed by atoms with van der Waals surface area (Å²) in [5, 5.41) is 12.9. The van der Waals surface area contributed by atoms with Gasteiger partial charge in [0.15, 0.2) is 18.1 Å². The van der Waals surface area contributed by atoms with Gasteiger partial charge in [-0.3, -0.25) is 10.1 Å². The molecule has 0 aliphatic rings. The Bertz CT molecular complexity index is 815. The smallest absolute Gasteiger partial charge is 0.413 e. The molecule has 0 atom stereocenters. The van der Waals surface area contributed by atoms with Crippen LogP contribution < -0.4 is 5.32 Å². The van der Waals surface area contributed by atoms with Gasteiger partial charge in [-0.25, -0.2) is 9.59 Å². The summed E-state index contributed by atoms with van der Waals surface area (Å²) in [6.45, 7) is 2.66. The van der Waals surface area contributed by atoms with Crippen LogP contribution in [0.3, 0.4) is 0 Å². The molecule has 0 aliphatic carbocycles. The van der Waals surface area contributed by atoms with Crippen molar-refractivity contribution in [1.82, 2.24) is 25.5 Å². The fraction of sp³-hybridized carbons (Fsp3) is 0.250. The number of alkyl carbamates (subject to hydrolysis) is 1. The number of nitrogens with zero attached hydrogens (tertiary/aromatic N) is 4. The number of rotatable bonds is 6. The number of benzene rings is 1. The molecule has 1 aromatic carbocycles. The number of esters is 1. The van der Waals surface area contributed by atoms with Crippen molar-refractivity contribution in [3.05, 3.63) is 41.7 Å². The highest BCUT2D eigenvalue weighted by Crippen LogP contribution is 2.13. The number of imide groups is 1. The van der Waals surface area contributed by atoms with Crippen LogP contribution in [0, 0.1) is 6.92 Å². The van der Waals surface area contributed by atoms with Gasteiger partial charge < -0.3 is 9.47 Å².